The summed E-state index contributed by atoms with van der Waals surface area (Å²) < 4.78 is 20.9. The Labute approximate surface area is 571 Å². The third-order valence-corrected chi connectivity index (χ3v) is 15.0. The highest BCUT2D eigenvalue weighted by Crippen LogP contribution is 2.36. The van der Waals surface area contributed by atoms with Gasteiger partial charge in [-0.3, -0.25) is 24.0 Å². The van der Waals surface area contributed by atoms with Crippen molar-refractivity contribution in [2.24, 2.45) is 0 Å². The number of benzene rings is 9. The van der Waals surface area contributed by atoms with Gasteiger partial charge in [0.05, 0.1) is 19.8 Å². The van der Waals surface area contributed by atoms with Crippen LogP contribution in [-0.2, 0) is 25.8 Å². The van der Waals surface area contributed by atoms with E-state index in [4.69, 9.17) is 65.4 Å². The normalized spacial score (nSPS) is 10.4. The van der Waals surface area contributed by atoms with Gasteiger partial charge in [-0.2, -0.15) is 0 Å². The Balaban J connectivity index is 0.000000308. The zero-order chi connectivity index (χ0) is 70.3. The highest BCUT2D eigenvalue weighted by Gasteiger charge is 2.26. The number of carbonyl (C=O) groups excluding carboxylic acids is 7. The van der Waals surface area contributed by atoms with Gasteiger partial charge in [-0.15, -0.1) is 0 Å². The first-order valence-electron chi connectivity index (χ1n) is 29.4. The van der Waals surface area contributed by atoms with Crippen LogP contribution in [0.5, 0.6) is 34.5 Å². The fraction of sp³-hybridized carbons (Fsp3) is 0.208. The molecule has 9 aromatic carbocycles. The molecule has 0 amide bonds. The van der Waals surface area contributed by atoms with Crippen LogP contribution in [0.15, 0.2) is 224 Å². The molecule has 2 N–H and O–H groups in total. The van der Waals surface area contributed by atoms with Crippen molar-refractivity contribution < 1.29 is 62.7 Å². The average molecular weight is 1350 g/mol. The molecule has 17 heteroatoms. The number of Topliss-reactive ketones (excluding diaryl/α,β-unsaturated/α-hetero) is 1. The van der Waals surface area contributed by atoms with Crippen molar-refractivity contribution in [1.82, 2.24) is 0 Å². The number of hydrogen-bond donors (Lipinski definition) is 2. The minimum absolute atomic E-state index is 0.138. The predicted molar refractivity (Wildman–Crippen MR) is 376 cm³/mol. The first-order valence-corrected chi connectivity index (χ1v) is 30.9. The van der Waals surface area contributed by atoms with E-state index in [1.807, 2.05) is 129 Å². The van der Waals surface area contributed by atoms with Crippen LogP contribution in [0.3, 0.4) is 0 Å². The molecule has 0 aliphatic heterocycles. The molecule has 492 valence electrons. The second kappa shape index (κ2) is 38.6. The summed E-state index contributed by atoms with van der Waals surface area (Å²) in [5.74, 6) is 2.84. The monoisotopic (exact) mass is 1350 g/mol. The quantitative estimate of drug-likeness (QED) is 0.0559. The fourth-order valence-electron chi connectivity index (χ4n) is 8.55. The molecule has 0 saturated carbocycles. The maximum atomic E-state index is 12.1. The summed E-state index contributed by atoms with van der Waals surface area (Å²) >= 11 is 20.7. The van der Waals surface area contributed by atoms with Gasteiger partial charge in [0, 0.05) is 45.4 Å². The summed E-state index contributed by atoms with van der Waals surface area (Å²) in [7, 11) is 3.32. The molecule has 94 heavy (non-hydrogen) atoms. The van der Waals surface area contributed by atoms with Gasteiger partial charge in [0.15, 0.2) is 0 Å². The third-order valence-electron chi connectivity index (χ3n) is 14.1. The summed E-state index contributed by atoms with van der Waals surface area (Å²) in [6.45, 7) is 21.3. The summed E-state index contributed by atoms with van der Waals surface area (Å²) in [6, 6.07) is 66.6. The smallest absolute Gasteiger partial charge is 0.343 e. The second-order valence-corrected chi connectivity index (χ2v) is 23.4. The lowest BCUT2D eigenvalue weighted by Crippen LogP contribution is -2.18. The number of aromatic hydroxyl groups is 2. The van der Waals surface area contributed by atoms with Crippen molar-refractivity contribution in [3.63, 3.8) is 0 Å². The topological polar surface area (TPSA) is 197 Å². The first-order chi connectivity index (χ1) is 44.4. The number of methoxy groups -OCH3 is 2. The van der Waals surface area contributed by atoms with Crippen molar-refractivity contribution >= 4 is 85.1 Å². The zero-order valence-corrected chi connectivity index (χ0v) is 57.8. The lowest BCUT2D eigenvalue weighted by Gasteiger charge is -2.26. The van der Waals surface area contributed by atoms with Gasteiger partial charge in [-0.05, 0) is 209 Å². The van der Waals surface area contributed by atoms with Crippen molar-refractivity contribution in [3.05, 3.63) is 286 Å². The molecule has 0 heterocycles. The SMILES string of the molecule is CC.CC(C)(c1ccc(O)cc1)c1ccc(O)cc1.CC(C)=O.COc1ccc(C(C)(C)c2ccc(OC(=O)c3ccccc3)cc2)cc1.COc1ccc(C(C)(C)c2ccc(OC(C)=O)cc2)cc1.O=C(Cl)c1ccc(C(=O)Cl)cc1.O=C(Cl)c1cccc(C(=O)Cl)c1. The Morgan fingerprint density at radius 2 is 0.564 bits per heavy atom. The maximum absolute atomic E-state index is 12.1. The van der Waals surface area contributed by atoms with Crippen LogP contribution in [-0.4, -0.2) is 63.1 Å². The number of ether oxygens (including phenoxy) is 4. The summed E-state index contributed by atoms with van der Waals surface area (Å²) in [6.07, 6.45) is 0. The molecule has 0 radical (unpaired) electrons. The number of rotatable bonds is 15. The van der Waals surface area contributed by atoms with Gasteiger partial charge in [0.2, 0.25) is 0 Å². The standard InChI is InChI=1S/C23H22O3.C18H20O3.C15H16O2.2C8H4Cl2O2.C3H6O.C2H6/c1-23(2,18-9-13-20(25-3)14-10-18)19-11-15-21(16-12-19)26-22(24)17-7-5-4-6-8-17;1-13(19)21-17-11-7-15(8-12-17)18(2,3)14-5-9-16(20-4)10-6-14;1-15(2,11-3-7-13(16)8-4-11)12-5-9-14(17)10-6-12;9-7(11)5-1-2-6(4-3-5)8(10)12;9-7(11)5-2-1-3-6(4-5)8(10)12;1-3(2)4;1-2/h4-16H,1-3H3;5-12H,1-4H3;3-10,16-17H,1-2H3;2*1-4H;1-2H3;1-2H3. The minimum atomic E-state index is -0.602. The van der Waals surface area contributed by atoms with Gasteiger partial charge in [0.25, 0.3) is 21.0 Å². The van der Waals surface area contributed by atoms with E-state index in [0.29, 0.717) is 28.2 Å². The van der Waals surface area contributed by atoms with Crippen LogP contribution in [0.1, 0.15) is 161 Å². The van der Waals surface area contributed by atoms with Crippen molar-refractivity contribution in [2.75, 3.05) is 14.2 Å². The molecule has 0 saturated heterocycles. The number of phenols is 2. The number of esters is 2. The van der Waals surface area contributed by atoms with Crippen LogP contribution in [0.25, 0.3) is 0 Å². The van der Waals surface area contributed by atoms with E-state index in [1.165, 1.54) is 74.4 Å². The van der Waals surface area contributed by atoms with Crippen LogP contribution in [0, 0.1) is 0 Å². The molecule has 9 aromatic rings. The molecule has 0 atom stereocenters. The Morgan fingerprint density at radius 3 is 0.819 bits per heavy atom. The van der Waals surface area contributed by atoms with Gasteiger partial charge in [-0.25, -0.2) is 4.79 Å². The van der Waals surface area contributed by atoms with Crippen molar-refractivity contribution in [3.8, 4) is 34.5 Å². The van der Waals surface area contributed by atoms with Crippen LogP contribution >= 0.6 is 46.4 Å². The Bertz CT molecular complexity index is 3760. The van der Waals surface area contributed by atoms with E-state index in [0.717, 1.165) is 33.8 Å². The molecule has 0 spiro atoms. The van der Waals surface area contributed by atoms with Crippen molar-refractivity contribution in [2.45, 2.75) is 92.4 Å². The average Bonchev–Trinajstić information content (AvgIpc) is 0.854. The number of carbonyl (C=O) groups is 7. The van der Waals surface area contributed by atoms with Gasteiger partial charge >= 0.3 is 11.9 Å². The highest BCUT2D eigenvalue weighted by molar-refractivity contribution is 6.69. The molecular weight excluding hydrogens is 1270 g/mol. The third kappa shape index (κ3) is 25.6. The van der Waals surface area contributed by atoms with Crippen LogP contribution in [0.2, 0.25) is 0 Å². The Hall–Kier alpha value is -9.37. The highest BCUT2D eigenvalue weighted by atomic mass is 35.5. The van der Waals surface area contributed by atoms with Gasteiger partial charge < -0.3 is 34.0 Å². The lowest BCUT2D eigenvalue weighted by atomic mass is 9.78. The lowest BCUT2D eigenvalue weighted by molar-refractivity contribution is -0.131. The Morgan fingerprint density at radius 1 is 0.319 bits per heavy atom. The fourth-order valence-corrected chi connectivity index (χ4v) is 9.04. The zero-order valence-electron chi connectivity index (χ0n) is 54.8. The molecule has 0 aliphatic rings. The van der Waals surface area contributed by atoms with E-state index >= 15 is 0 Å². The molecule has 9 rings (SSSR count). The van der Waals surface area contributed by atoms with Crippen LogP contribution in [0.4, 0.5) is 0 Å². The molecular formula is C77H78Cl4O13. The van der Waals surface area contributed by atoms with Gasteiger partial charge in [0.1, 0.15) is 40.3 Å². The second-order valence-electron chi connectivity index (χ2n) is 22.0. The van der Waals surface area contributed by atoms with E-state index < -0.39 is 21.0 Å². The van der Waals surface area contributed by atoms with E-state index in [9.17, 15) is 43.8 Å². The van der Waals surface area contributed by atoms with Gasteiger partial charge in [-0.1, -0.05) is 165 Å². The maximum Gasteiger partial charge on any atom is 0.343 e. The largest absolute Gasteiger partial charge is 0.508 e. The van der Waals surface area contributed by atoms with E-state index in [1.54, 1.807) is 56.7 Å². The minimum Gasteiger partial charge on any atom is -0.508 e. The first kappa shape index (κ1) is 78.9. The predicted octanol–water partition coefficient (Wildman–Crippen LogP) is 19.1. The molecule has 0 aromatic heterocycles. The summed E-state index contributed by atoms with van der Waals surface area (Å²) in [5.41, 5.74) is 8.23. The molecule has 0 fully saturated rings. The Kier molecular flexibility index (Phi) is 32.4. The number of halogens is 4. The number of hydrogen-bond acceptors (Lipinski definition) is 13. The molecule has 0 aliphatic carbocycles. The molecule has 13 nitrogen and oxygen atoms in total. The van der Waals surface area contributed by atoms with Crippen molar-refractivity contribution in [1.29, 1.82) is 0 Å². The number of ketones is 1. The molecule has 0 bridgehead atoms. The number of phenolic OH excluding ortho intramolecular Hbond substituents is 2. The summed E-state index contributed by atoms with van der Waals surface area (Å²) in [5, 5.41) is 16.3. The van der Waals surface area contributed by atoms with E-state index in [2.05, 4.69) is 65.8 Å². The summed E-state index contributed by atoms with van der Waals surface area (Å²) in [4.78, 5) is 74.9. The molecule has 0 unspecified atom stereocenters. The van der Waals surface area contributed by atoms with Crippen LogP contribution < -0.4 is 18.9 Å². The van der Waals surface area contributed by atoms with E-state index in [-0.39, 0.29) is 56.6 Å².